The highest BCUT2D eigenvalue weighted by Crippen LogP contribution is 2.16. The van der Waals surface area contributed by atoms with Crippen LogP contribution in [0, 0.1) is 0 Å². The van der Waals surface area contributed by atoms with E-state index in [0.29, 0.717) is 43.4 Å². The first-order chi connectivity index (χ1) is 12.5. The summed E-state index contributed by atoms with van der Waals surface area (Å²) in [6.45, 7) is 6.44. The molecule has 1 aliphatic heterocycles. The van der Waals surface area contributed by atoms with E-state index in [1.54, 1.807) is 29.4 Å². The van der Waals surface area contributed by atoms with E-state index in [2.05, 4.69) is 13.8 Å². The van der Waals surface area contributed by atoms with Crippen molar-refractivity contribution in [2.24, 2.45) is 0 Å². The molecule has 5 heteroatoms. The number of rotatable bonds is 4. The minimum atomic E-state index is -0.0604. The van der Waals surface area contributed by atoms with E-state index in [-0.39, 0.29) is 11.8 Å². The van der Waals surface area contributed by atoms with Gasteiger partial charge in [0.15, 0.2) is 0 Å². The second-order valence-electron chi connectivity index (χ2n) is 6.74. The van der Waals surface area contributed by atoms with Crippen LogP contribution in [0.1, 0.15) is 41.4 Å². The highest BCUT2D eigenvalue weighted by Gasteiger charge is 2.23. The van der Waals surface area contributed by atoms with Crippen LogP contribution in [0.5, 0.6) is 0 Å². The molecular formula is C21H24N2O3. The third-order valence-electron chi connectivity index (χ3n) is 4.64. The summed E-state index contributed by atoms with van der Waals surface area (Å²) < 4.78 is 5.18. The van der Waals surface area contributed by atoms with Crippen LogP contribution in [0.4, 0.5) is 0 Å². The Balaban J connectivity index is 1.54. The first-order valence-electron chi connectivity index (χ1n) is 8.94. The largest absolute Gasteiger partial charge is 0.465 e. The van der Waals surface area contributed by atoms with Crippen LogP contribution in [0.3, 0.4) is 0 Å². The standard InChI is InChI=1S/C21H24N2O3/c1-16(2)17-5-7-18(8-6-17)21(25)23-13-11-22(12-14-23)20(24)10-9-19-4-3-15-26-19/h3-10,15-16H,11-14H2,1-2H3/b10-9+. The lowest BCUT2D eigenvalue weighted by atomic mass is 10.0. The summed E-state index contributed by atoms with van der Waals surface area (Å²) in [6.07, 6.45) is 4.75. The molecule has 1 saturated heterocycles. The second-order valence-corrected chi connectivity index (χ2v) is 6.74. The summed E-state index contributed by atoms with van der Waals surface area (Å²) >= 11 is 0. The van der Waals surface area contributed by atoms with Gasteiger partial charge >= 0.3 is 0 Å². The molecule has 0 N–H and O–H groups in total. The molecule has 0 saturated carbocycles. The van der Waals surface area contributed by atoms with Crippen LogP contribution in [0.15, 0.2) is 53.2 Å². The summed E-state index contributed by atoms with van der Waals surface area (Å²) in [6, 6.07) is 11.4. The highest BCUT2D eigenvalue weighted by molar-refractivity contribution is 5.95. The van der Waals surface area contributed by atoms with Gasteiger partial charge in [-0.2, -0.15) is 0 Å². The third-order valence-corrected chi connectivity index (χ3v) is 4.64. The highest BCUT2D eigenvalue weighted by atomic mass is 16.3. The molecule has 0 bridgehead atoms. The number of benzene rings is 1. The average Bonchev–Trinajstić information content (AvgIpc) is 3.19. The molecule has 0 unspecified atom stereocenters. The Morgan fingerprint density at radius 2 is 1.65 bits per heavy atom. The van der Waals surface area contributed by atoms with Crippen molar-refractivity contribution in [2.75, 3.05) is 26.2 Å². The van der Waals surface area contributed by atoms with Crippen LogP contribution in [-0.4, -0.2) is 47.8 Å². The van der Waals surface area contributed by atoms with Crippen LogP contribution in [-0.2, 0) is 4.79 Å². The lowest BCUT2D eigenvalue weighted by Gasteiger charge is -2.34. The number of nitrogens with zero attached hydrogens (tertiary/aromatic N) is 2. The Hall–Kier alpha value is -2.82. The fraction of sp³-hybridized carbons (Fsp3) is 0.333. The molecule has 1 aromatic heterocycles. The lowest BCUT2D eigenvalue weighted by molar-refractivity contribution is -0.127. The molecule has 3 rings (SSSR count). The Bertz CT molecular complexity index is 768. The van der Waals surface area contributed by atoms with Crippen molar-refractivity contribution in [1.82, 2.24) is 9.80 Å². The minimum absolute atomic E-state index is 0.0264. The molecule has 1 aromatic carbocycles. The van der Waals surface area contributed by atoms with Gasteiger partial charge in [0, 0.05) is 37.8 Å². The first-order valence-corrected chi connectivity index (χ1v) is 8.94. The molecule has 0 aliphatic carbocycles. The van der Waals surface area contributed by atoms with Gasteiger partial charge in [0.1, 0.15) is 5.76 Å². The second kappa shape index (κ2) is 8.04. The van der Waals surface area contributed by atoms with Gasteiger partial charge in [-0.15, -0.1) is 0 Å². The molecule has 1 aliphatic rings. The number of hydrogen-bond acceptors (Lipinski definition) is 3. The number of piperazine rings is 1. The van der Waals surface area contributed by atoms with Gasteiger partial charge in [0.25, 0.3) is 5.91 Å². The molecular weight excluding hydrogens is 328 g/mol. The van der Waals surface area contributed by atoms with Gasteiger partial charge in [0.05, 0.1) is 6.26 Å². The van der Waals surface area contributed by atoms with E-state index < -0.39 is 0 Å². The SMILES string of the molecule is CC(C)c1ccc(C(=O)N2CCN(C(=O)/C=C/c3ccco3)CC2)cc1. The zero-order chi connectivity index (χ0) is 18.5. The number of hydrogen-bond donors (Lipinski definition) is 0. The number of carbonyl (C=O) groups excluding carboxylic acids is 2. The molecule has 0 spiro atoms. The Morgan fingerprint density at radius 3 is 2.23 bits per heavy atom. The smallest absolute Gasteiger partial charge is 0.253 e. The van der Waals surface area contributed by atoms with E-state index in [4.69, 9.17) is 4.42 Å². The fourth-order valence-electron chi connectivity index (χ4n) is 2.97. The zero-order valence-electron chi connectivity index (χ0n) is 15.2. The molecule has 0 atom stereocenters. The molecule has 0 radical (unpaired) electrons. The van der Waals surface area contributed by atoms with E-state index in [1.165, 1.54) is 11.6 Å². The predicted molar refractivity (Wildman–Crippen MR) is 101 cm³/mol. The topological polar surface area (TPSA) is 53.8 Å². The number of carbonyl (C=O) groups is 2. The van der Waals surface area contributed by atoms with Crippen molar-refractivity contribution < 1.29 is 14.0 Å². The molecule has 26 heavy (non-hydrogen) atoms. The maximum atomic E-state index is 12.6. The lowest BCUT2D eigenvalue weighted by Crippen LogP contribution is -2.50. The van der Waals surface area contributed by atoms with E-state index in [9.17, 15) is 9.59 Å². The van der Waals surface area contributed by atoms with E-state index in [0.717, 1.165) is 0 Å². The molecule has 136 valence electrons. The van der Waals surface area contributed by atoms with Gasteiger partial charge in [0.2, 0.25) is 5.91 Å². The maximum Gasteiger partial charge on any atom is 0.253 e. The monoisotopic (exact) mass is 352 g/mol. The fourth-order valence-corrected chi connectivity index (χ4v) is 2.97. The van der Waals surface area contributed by atoms with E-state index >= 15 is 0 Å². The Labute approximate surface area is 153 Å². The number of furan rings is 1. The van der Waals surface area contributed by atoms with Crippen molar-refractivity contribution in [3.63, 3.8) is 0 Å². The maximum absolute atomic E-state index is 12.6. The minimum Gasteiger partial charge on any atom is -0.465 e. The summed E-state index contributed by atoms with van der Waals surface area (Å²) in [4.78, 5) is 28.4. The van der Waals surface area contributed by atoms with Crippen LogP contribution in [0.2, 0.25) is 0 Å². The Morgan fingerprint density at radius 1 is 1.00 bits per heavy atom. The van der Waals surface area contributed by atoms with Gasteiger partial charge < -0.3 is 14.2 Å². The molecule has 2 aromatic rings. The normalized spacial score (nSPS) is 15.0. The predicted octanol–water partition coefficient (Wildman–Crippen LogP) is 3.40. The quantitative estimate of drug-likeness (QED) is 0.793. The summed E-state index contributed by atoms with van der Waals surface area (Å²) in [5, 5.41) is 0. The van der Waals surface area contributed by atoms with Crippen LogP contribution >= 0.6 is 0 Å². The van der Waals surface area contributed by atoms with Crippen molar-refractivity contribution in [2.45, 2.75) is 19.8 Å². The molecule has 2 amide bonds. The number of amides is 2. The van der Waals surface area contributed by atoms with Gasteiger partial charge in [-0.25, -0.2) is 0 Å². The van der Waals surface area contributed by atoms with Crippen LogP contribution in [0.25, 0.3) is 6.08 Å². The van der Waals surface area contributed by atoms with Crippen LogP contribution < -0.4 is 0 Å². The van der Waals surface area contributed by atoms with Gasteiger partial charge in [-0.05, 0) is 41.8 Å². The first kappa shape index (κ1) is 18.0. The summed E-state index contributed by atoms with van der Waals surface area (Å²) in [5.41, 5.74) is 1.92. The summed E-state index contributed by atoms with van der Waals surface area (Å²) in [7, 11) is 0. The van der Waals surface area contributed by atoms with E-state index in [1.807, 2.05) is 29.2 Å². The van der Waals surface area contributed by atoms with Crippen molar-refractivity contribution >= 4 is 17.9 Å². The Kier molecular flexibility index (Phi) is 5.56. The molecule has 5 nitrogen and oxygen atoms in total. The third kappa shape index (κ3) is 4.23. The molecule has 1 fully saturated rings. The van der Waals surface area contributed by atoms with Crippen molar-refractivity contribution in [1.29, 1.82) is 0 Å². The van der Waals surface area contributed by atoms with Crippen molar-refractivity contribution in [3.8, 4) is 0 Å². The van der Waals surface area contributed by atoms with Gasteiger partial charge in [-0.3, -0.25) is 9.59 Å². The average molecular weight is 352 g/mol. The zero-order valence-corrected chi connectivity index (χ0v) is 15.2. The summed E-state index contributed by atoms with van der Waals surface area (Å²) in [5.74, 6) is 1.06. The van der Waals surface area contributed by atoms with Crippen molar-refractivity contribution in [3.05, 3.63) is 65.6 Å². The molecule has 2 heterocycles. The van der Waals surface area contributed by atoms with Gasteiger partial charge in [-0.1, -0.05) is 26.0 Å².